The third-order valence-electron chi connectivity index (χ3n) is 4.78. The van der Waals surface area contributed by atoms with Crippen LogP contribution in [0.25, 0.3) is 22.2 Å². The van der Waals surface area contributed by atoms with Crippen LogP contribution in [-0.2, 0) is 14.8 Å². The second kappa shape index (κ2) is 8.67. The molecule has 3 heterocycles. The largest absolute Gasteiger partial charge is 0.490 e. The minimum atomic E-state index is -5.08. The highest BCUT2D eigenvalue weighted by atomic mass is 32.2. The van der Waals surface area contributed by atoms with Crippen LogP contribution in [-0.4, -0.2) is 53.0 Å². The number of aliphatic carboxylic acids is 1. The number of rotatable bonds is 3. The molecule has 7 nitrogen and oxygen atoms in total. The number of halogens is 3. The van der Waals surface area contributed by atoms with E-state index in [0.717, 1.165) is 40.7 Å². The van der Waals surface area contributed by atoms with Crippen molar-refractivity contribution in [3.05, 3.63) is 48.3 Å². The van der Waals surface area contributed by atoms with E-state index in [2.05, 4.69) is 16.0 Å². The van der Waals surface area contributed by atoms with Gasteiger partial charge in [0.1, 0.15) is 5.65 Å². The topological polar surface area (TPSA) is 103 Å². The molecule has 11 heteroatoms. The van der Waals surface area contributed by atoms with Crippen molar-refractivity contribution >= 4 is 27.0 Å². The fraction of sp³-hybridized carbons (Fsp3) is 0.300. The Morgan fingerprint density at radius 3 is 2.26 bits per heavy atom. The molecule has 0 unspecified atom stereocenters. The maximum absolute atomic E-state index is 12.6. The van der Waals surface area contributed by atoms with E-state index in [1.807, 2.05) is 25.1 Å². The van der Waals surface area contributed by atoms with Crippen LogP contribution >= 0.6 is 0 Å². The fourth-order valence-electron chi connectivity index (χ4n) is 3.29. The SMILES string of the molecule is Cc1cc2c(-c3ccc(S(=O)(=O)N4CCCC4)cc3)ccnc2[nH]1.O=C(O)C(F)(F)F. The summed E-state index contributed by atoms with van der Waals surface area (Å²) in [5.41, 5.74) is 3.94. The number of sulfonamides is 1. The Bertz CT molecular complexity index is 1180. The molecule has 0 saturated carbocycles. The van der Waals surface area contributed by atoms with Gasteiger partial charge in [0.2, 0.25) is 10.0 Å². The number of carboxylic acid groups (broad SMARTS) is 1. The van der Waals surface area contributed by atoms with Crippen LogP contribution in [0.15, 0.2) is 47.5 Å². The van der Waals surface area contributed by atoms with Crippen LogP contribution in [0.5, 0.6) is 0 Å². The van der Waals surface area contributed by atoms with Crippen molar-refractivity contribution in [2.24, 2.45) is 0 Å². The number of aromatic nitrogens is 2. The van der Waals surface area contributed by atoms with Crippen LogP contribution in [0, 0.1) is 6.92 Å². The number of aryl methyl sites for hydroxylation is 1. The molecule has 0 bridgehead atoms. The molecule has 1 aliphatic rings. The number of aromatic amines is 1. The van der Waals surface area contributed by atoms with Gasteiger partial charge in [-0.05, 0) is 55.2 Å². The summed E-state index contributed by atoms with van der Waals surface area (Å²) in [6.07, 6.45) is -1.43. The van der Waals surface area contributed by atoms with Gasteiger partial charge in [-0.15, -0.1) is 0 Å². The summed E-state index contributed by atoms with van der Waals surface area (Å²) < 4.78 is 58.5. The van der Waals surface area contributed by atoms with E-state index in [4.69, 9.17) is 9.90 Å². The van der Waals surface area contributed by atoms with Crippen molar-refractivity contribution in [1.29, 1.82) is 0 Å². The normalized spacial score (nSPS) is 15.0. The zero-order chi connectivity index (χ0) is 22.8. The minimum absolute atomic E-state index is 0.365. The van der Waals surface area contributed by atoms with Crippen LogP contribution in [0.3, 0.4) is 0 Å². The van der Waals surface area contributed by atoms with Crippen LogP contribution in [0.4, 0.5) is 13.2 Å². The fourth-order valence-corrected chi connectivity index (χ4v) is 4.81. The van der Waals surface area contributed by atoms with E-state index < -0.39 is 22.2 Å². The predicted octanol–water partition coefficient (Wildman–Crippen LogP) is 3.96. The number of alkyl halides is 3. The summed E-state index contributed by atoms with van der Waals surface area (Å²) in [6.45, 7) is 3.24. The van der Waals surface area contributed by atoms with Crippen molar-refractivity contribution in [1.82, 2.24) is 14.3 Å². The first-order chi connectivity index (χ1) is 14.5. The lowest BCUT2D eigenvalue weighted by atomic mass is 10.0. The smallest absolute Gasteiger partial charge is 0.475 e. The number of pyridine rings is 1. The molecule has 2 N–H and O–H groups in total. The first kappa shape index (κ1) is 22.8. The van der Waals surface area contributed by atoms with Gasteiger partial charge in [-0.3, -0.25) is 0 Å². The number of H-pyrrole nitrogens is 1. The highest BCUT2D eigenvalue weighted by Crippen LogP contribution is 2.29. The van der Waals surface area contributed by atoms with Gasteiger partial charge in [-0.2, -0.15) is 17.5 Å². The number of fused-ring (bicyclic) bond motifs is 1. The van der Waals surface area contributed by atoms with Crippen molar-refractivity contribution < 1.29 is 31.5 Å². The molecule has 0 atom stereocenters. The Kier molecular flexibility index (Phi) is 6.37. The molecule has 0 spiro atoms. The molecule has 31 heavy (non-hydrogen) atoms. The van der Waals surface area contributed by atoms with E-state index >= 15 is 0 Å². The lowest BCUT2D eigenvalue weighted by molar-refractivity contribution is -0.192. The van der Waals surface area contributed by atoms with Crippen LogP contribution in [0.1, 0.15) is 18.5 Å². The van der Waals surface area contributed by atoms with Crippen LogP contribution < -0.4 is 0 Å². The second-order valence-electron chi connectivity index (χ2n) is 7.01. The molecule has 1 aromatic carbocycles. The number of hydrogen-bond donors (Lipinski definition) is 2. The molecule has 1 saturated heterocycles. The first-order valence-corrected chi connectivity index (χ1v) is 10.8. The van der Waals surface area contributed by atoms with Crippen molar-refractivity contribution in [3.8, 4) is 11.1 Å². The summed E-state index contributed by atoms with van der Waals surface area (Å²) in [6, 6.07) is 11.2. The standard InChI is InChI=1S/C18H19N3O2S.C2HF3O2/c1-13-12-17-16(8-9-19-18(17)20-13)14-4-6-15(7-5-14)24(22,23)21-10-2-3-11-21;3-2(4,5)1(6)7/h4-9,12H,2-3,10-11H2,1H3,(H,19,20);(H,6,7). The molecular formula is C20H20F3N3O4S. The Balaban J connectivity index is 0.000000339. The van der Waals surface area contributed by atoms with E-state index in [9.17, 15) is 21.6 Å². The number of hydrogen-bond acceptors (Lipinski definition) is 4. The van der Waals surface area contributed by atoms with Crippen molar-refractivity contribution in [3.63, 3.8) is 0 Å². The van der Waals surface area contributed by atoms with Gasteiger partial charge in [0.15, 0.2) is 0 Å². The summed E-state index contributed by atoms with van der Waals surface area (Å²) >= 11 is 0. The third-order valence-corrected chi connectivity index (χ3v) is 6.69. The molecule has 1 aliphatic heterocycles. The highest BCUT2D eigenvalue weighted by Gasteiger charge is 2.38. The van der Waals surface area contributed by atoms with E-state index in [1.54, 1.807) is 22.6 Å². The van der Waals surface area contributed by atoms with E-state index in [0.29, 0.717) is 18.0 Å². The van der Waals surface area contributed by atoms with E-state index in [1.165, 1.54) is 0 Å². The maximum Gasteiger partial charge on any atom is 0.490 e. The zero-order valence-electron chi connectivity index (χ0n) is 16.5. The molecule has 166 valence electrons. The average Bonchev–Trinajstić information content (AvgIpc) is 3.37. The van der Waals surface area contributed by atoms with Gasteiger partial charge < -0.3 is 10.1 Å². The Labute approximate surface area is 176 Å². The van der Waals surface area contributed by atoms with Gasteiger partial charge in [0.25, 0.3) is 0 Å². The molecule has 0 aliphatic carbocycles. The third kappa shape index (κ3) is 5.05. The maximum atomic E-state index is 12.6. The van der Waals surface area contributed by atoms with Crippen LogP contribution in [0.2, 0.25) is 0 Å². The highest BCUT2D eigenvalue weighted by molar-refractivity contribution is 7.89. The number of nitrogens with one attached hydrogen (secondary N) is 1. The zero-order valence-corrected chi connectivity index (χ0v) is 17.3. The van der Waals surface area contributed by atoms with Crippen molar-refractivity contribution in [2.45, 2.75) is 30.8 Å². The molecule has 0 amide bonds. The average molecular weight is 455 g/mol. The quantitative estimate of drug-likeness (QED) is 0.622. The molecule has 1 fully saturated rings. The molecule has 2 aromatic heterocycles. The lowest BCUT2D eigenvalue weighted by Crippen LogP contribution is -2.27. The lowest BCUT2D eigenvalue weighted by Gasteiger charge is -2.15. The monoisotopic (exact) mass is 455 g/mol. The first-order valence-electron chi connectivity index (χ1n) is 9.35. The van der Waals surface area contributed by atoms with E-state index in [-0.39, 0.29) is 0 Å². The number of carboxylic acids is 1. The minimum Gasteiger partial charge on any atom is -0.475 e. The van der Waals surface area contributed by atoms with Gasteiger partial charge in [-0.25, -0.2) is 18.2 Å². The summed E-state index contributed by atoms with van der Waals surface area (Å²) in [4.78, 5) is 16.8. The second-order valence-corrected chi connectivity index (χ2v) is 8.95. The molecule has 4 rings (SSSR count). The van der Waals surface area contributed by atoms with Gasteiger partial charge in [0.05, 0.1) is 4.90 Å². The van der Waals surface area contributed by atoms with Gasteiger partial charge in [-0.1, -0.05) is 12.1 Å². The summed E-state index contributed by atoms with van der Waals surface area (Å²) in [5, 5.41) is 8.17. The summed E-state index contributed by atoms with van der Waals surface area (Å²) in [5.74, 6) is -2.76. The number of nitrogens with zero attached hydrogens (tertiary/aromatic N) is 2. The Morgan fingerprint density at radius 2 is 1.71 bits per heavy atom. The summed E-state index contributed by atoms with van der Waals surface area (Å²) in [7, 11) is -3.36. The predicted molar refractivity (Wildman–Crippen MR) is 108 cm³/mol. The molecular weight excluding hydrogens is 435 g/mol. The number of carbonyl (C=O) groups is 1. The number of benzene rings is 1. The van der Waals surface area contributed by atoms with Crippen molar-refractivity contribution in [2.75, 3.05) is 13.1 Å². The Hall–Kier alpha value is -2.92. The Morgan fingerprint density at radius 1 is 1.13 bits per heavy atom. The van der Waals surface area contributed by atoms with Gasteiger partial charge >= 0.3 is 12.1 Å². The molecule has 0 radical (unpaired) electrons. The molecule has 3 aromatic rings. The van der Waals surface area contributed by atoms with Gasteiger partial charge in [0, 0.05) is 30.4 Å².